The zero-order valence-electron chi connectivity index (χ0n) is 16.5. The first-order valence-corrected chi connectivity index (χ1v) is 8.80. The maximum absolute atomic E-state index is 11.9. The molecule has 1 amide bonds. The SMILES string of the molecule is CCN(CC)CCC(=O)Nc1ccc(C(C)C)c([N+](=O)[O-])c1.O=C(O)C(=O)O. The minimum atomic E-state index is -1.82. The van der Waals surface area contributed by atoms with Crippen LogP contribution in [0.5, 0.6) is 0 Å². The molecule has 0 aliphatic rings. The van der Waals surface area contributed by atoms with Crippen molar-refractivity contribution in [3.8, 4) is 0 Å². The number of nitrogens with zero attached hydrogens (tertiary/aromatic N) is 2. The van der Waals surface area contributed by atoms with Gasteiger partial charge in [0.2, 0.25) is 5.91 Å². The topological polar surface area (TPSA) is 150 Å². The van der Waals surface area contributed by atoms with Gasteiger partial charge in [-0.05, 0) is 31.1 Å². The van der Waals surface area contributed by atoms with Gasteiger partial charge < -0.3 is 20.4 Å². The summed E-state index contributed by atoms with van der Waals surface area (Å²) in [6.07, 6.45) is 0.376. The second kappa shape index (κ2) is 12.4. The lowest BCUT2D eigenvalue weighted by Crippen LogP contribution is -2.27. The van der Waals surface area contributed by atoms with Crippen molar-refractivity contribution < 1.29 is 29.5 Å². The average molecular weight is 397 g/mol. The second-order valence-corrected chi connectivity index (χ2v) is 6.12. The van der Waals surface area contributed by atoms with Crippen molar-refractivity contribution in [1.29, 1.82) is 0 Å². The summed E-state index contributed by atoms with van der Waals surface area (Å²) in [7, 11) is 0. The van der Waals surface area contributed by atoms with Crippen molar-refractivity contribution in [2.75, 3.05) is 25.0 Å². The second-order valence-electron chi connectivity index (χ2n) is 6.12. The van der Waals surface area contributed by atoms with Crippen LogP contribution in [-0.2, 0) is 14.4 Å². The molecule has 1 rings (SSSR count). The summed E-state index contributed by atoms with van der Waals surface area (Å²) < 4.78 is 0. The number of nitro benzene ring substituents is 1. The minimum absolute atomic E-state index is 0.0524. The molecule has 3 N–H and O–H groups in total. The molecule has 156 valence electrons. The zero-order chi connectivity index (χ0) is 21.9. The van der Waals surface area contributed by atoms with Gasteiger partial charge in [-0.25, -0.2) is 9.59 Å². The molecule has 0 radical (unpaired) electrons. The number of hydrogen-bond acceptors (Lipinski definition) is 6. The van der Waals surface area contributed by atoms with Crippen molar-refractivity contribution in [3.63, 3.8) is 0 Å². The molecule has 0 unspecified atom stereocenters. The Morgan fingerprint density at radius 3 is 2.07 bits per heavy atom. The summed E-state index contributed by atoms with van der Waals surface area (Å²) in [6.45, 7) is 10.4. The van der Waals surface area contributed by atoms with E-state index in [2.05, 4.69) is 24.1 Å². The van der Waals surface area contributed by atoms with Gasteiger partial charge in [0.15, 0.2) is 0 Å². The molecule has 0 fully saturated rings. The van der Waals surface area contributed by atoms with Gasteiger partial charge in [-0.3, -0.25) is 14.9 Å². The van der Waals surface area contributed by atoms with Crippen LogP contribution in [0, 0.1) is 10.1 Å². The molecule has 0 aliphatic heterocycles. The van der Waals surface area contributed by atoms with Crippen LogP contribution in [0.25, 0.3) is 0 Å². The van der Waals surface area contributed by atoms with Crippen LogP contribution < -0.4 is 5.32 Å². The number of anilines is 1. The van der Waals surface area contributed by atoms with Crippen molar-refractivity contribution in [2.24, 2.45) is 0 Å². The third-order valence-electron chi connectivity index (χ3n) is 3.87. The van der Waals surface area contributed by atoms with Crippen LogP contribution in [0.1, 0.15) is 45.6 Å². The maximum Gasteiger partial charge on any atom is 0.414 e. The molecule has 1 aromatic carbocycles. The van der Waals surface area contributed by atoms with E-state index in [0.29, 0.717) is 24.2 Å². The lowest BCUT2D eigenvalue weighted by atomic mass is 10.0. The molecule has 0 heterocycles. The predicted molar refractivity (Wildman–Crippen MR) is 103 cm³/mol. The molecule has 10 nitrogen and oxygen atoms in total. The summed E-state index contributed by atoms with van der Waals surface area (Å²) in [6, 6.07) is 4.87. The molecular formula is C18H27N3O7. The van der Waals surface area contributed by atoms with Crippen LogP contribution in [0.15, 0.2) is 18.2 Å². The van der Waals surface area contributed by atoms with E-state index < -0.39 is 16.9 Å². The first-order chi connectivity index (χ1) is 13.0. The summed E-state index contributed by atoms with van der Waals surface area (Å²) in [5, 5.41) is 28.7. The average Bonchev–Trinajstić information content (AvgIpc) is 2.62. The first kappa shape index (κ1) is 25.0. The number of aliphatic carboxylic acids is 2. The Morgan fingerprint density at radius 1 is 1.14 bits per heavy atom. The number of carbonyl (C=O) groups excluding carboxylic acids is 1. The van der Waals surface area contributed by atoms with Gasteiger partial charge in [-0.2, -0.15) is 0 Å². The number of benzene rings is 1. The van der Waals surface area contributed by atoms with Gasteiger partial charge in [-0.1, -0.05) is 27.7 Å². The van der Waals surface area contributed by atoms with E-state index in [1.54, 1.807) is 12.1 Å². The van der Waals surface area contributed by atoms with E-state index in [-0.39, 0.29) is 17.5 Å². The third kappa shape index (κ3) is 9.08. The van der Waals surface area contributed by atoms with Gasteiger partial charge in [0.05, 0.1) is 4.92 Å². The molecule has 0 atom stereocenters. The number of nitrogens with one attached hydrogen (secondary N) is 1. The summed E-state index contributed by atoms with van der Waals surface area (Å²) >= 11 is 0. The fourth-order valence-electron chi connectivity index (χ4n) is 2.29. The molecule has 1 aromatic rings. The van der Waals surface area contributed by atoms with Crippen LogP contribution in [-0.4, -0.2) is 57.5 Å². The van der Waals surface area contributed by atoms with Gasteiger partial charge in [0.1, 0.15) is 0 Å². The number of carbonyl (C=O) groups is 3. The Labute approximate surface area is 163 Å². The van der Waals surface area contributed by atoms with E-state index in [0.717, 1.165) is 13.1 Å². The number of nitro groups is 1. The number of carboxylic acids is 2. The normalized spacial score (nSPS) is 10.2. The van der Waals surface area contributed by atoms with Crippen LogP contribution in [0.3, 0.4) is 0 Å². The summed E-state index contributed by atoms with van der Waals surface area (Å²) in [5.41, 5.74) is 1.20. The highest BCUT2D eigenvalue weighted by molar-refractivity contribution is 6.27. The number of hydrogen-bond donors (Lipinski definition) is 3. The third-order valence-corrected chi connectivity index (χ3v) is 3.87. The van der Waals surface area contributed by atoms with Crippen molar-refractivity contribution in [1.82, 2.24) is 4.90 Å². The zero-order valence-corrected chi connectivity index (χ0v) is 16.5. The number of carboxylic acid groups (broad SMARTS) is 2. The van der Waals surface area contributed by atoms with Crippen LogP contribution in [0.2, 0.25) is 0 Å². The lowest BCUT2D eigenvalue weighted by molar-refractivity contribution is -0.385. The Kier molecular flexibility index (Phi) is 11.1. The highest BCUT2D eigenvalue weighted by Gasteiger charge is 2.17. The van der Waals surface area contributed by atoms with Crippen LogP contribution >= 0.6 is 0 Å². The van der Waals surface area contributed by atoms with E-state index in [9.17, 15) is 14.9 Å². The Balaban J connectivity index is 0.00000105. The molecule has 0 aliphatic carbocycles. The van der Waals surface area contributed by atoms with Gasteiger partial charge in [0, 0.05) is 30.3 Å². The van der Waals surface area contributed by atoms with Crippen molar-refractivity contribution >= 4 is 29.2 Å². The molecule has 0 saturated heterocycles. The Hall–Kier alpha value is -3.01. The molecule has 0 bridgehead atoms. The Morgan fingerprint density at radius 2 is 1.68 bits per heavy atom. The molecule has 0 spiro atoms. The smallest absolute Gasteiger partial charge is 0.414 e. The monoisotopic (exact) mass is 397 g/mol. The standard InChI is InChI=1S/C16H25N3O3.C2H2O4/c1-5-18(6-2)10-9-16(20)17-13-7-8-14(12(3)4)15(11-13)19(21)22;3-1(4)2(5)6/h7-8,11-12H,5-6,9-10H2,1-4H3,(H,17,20);(H,3,4)(H,5,6). The van der Waals surface area contributed by atoms with Gasteiger partial charge in [-0.15, -0.1) is 0 Å². The largest absolute Gasteiger partial charge is 0.473 e. The maximum atomic E-state index is 11.9. The molecule has 0 aromatic heterocycles. The van der Waals surface area contributed by atoms with E-state index in [1.165, 1.54) is 6.07 Å². The van der Waals surface area contributed by atoms with Crippen LogP contribution in [0.4, 0.5) is 11.4 Å². The fourth-order valence-corrected chi connectivity index (χ4v) is 2.29. The molecule has 10 heteroatoms. The van der Waals surface area contributed by atoms with E-state index >= 15 is 0 Å². The lowest BCUT2D eigenvalue weighted by Gasteiger charge is -2.17. The van der Waals surface area contributed by atoms with Crippen molar-refractivity contribution in [2.45, 2.75) is 40.0 Å². The molecule has 28 heavy (non-hydrogen) atoms. The van der Waals surface area contributed by atoms with E-state index in [4.69, 9.17) is 19.8 Å². The van der Waals surface area contributed by atoms with Gasteiger partial charge in [0.25, 0.3) is 5.69 Å². The highest BCUT2D eigenvalue weighted by Crippen LogP contribution is 2.29. The van der Waals surface area contributed by atoms with Crippen molar-refractivity contribution in [3.05, 3.63) is 33.9 Å². The predicted octanol–water partition coefficient (Wildman–Crippen LogP) is 2.54. The van der Waals surface area contributed by atoms with E-state index in [1.807, 2.05) is 13.8 Å². The number of rotatable bonds is 8. The van der Waals surface area contributed by atoms with Gasteiger partial charge >= 0.3 is 11.9 Å². The fraction of sp³-hybridized carbons (Fsp3) is 0.500. The Bertz CT molecular complexity index is 688. The molecule has 0 saturated carbocycles. The minimum Gasteiger partial charge on any atom is -0.473 e. The quantitative estimate of drug-likeness (QED) is 0.344. The molecular weight excluding hydrogens is 370 g/mol. The number of amides is 1. The summed E-state index contributed by atoms with van der Waals surface area (Å²) in [5.74, 6) is -3.71. The summed E-state index contributed by atoms with van der Waals surface area (Å²) in [4.78, 5) is 43.0. The first-order valence-electron chi connectivity index (χ1n) is 8.80. The highest BCUT2D eigenvalue weighted by atomic mass is 16.6.